The highest BCUT2D eigenvalue weighted by molar-refractivity contribution is 7.91. The molecule has 0 radical (unpaired) electrons. The van der Waals surface area contributed by atoms with E-state index in [0.29, 0.717) is 22.2 Å². The summed E-state index contributed by atoms with van der Waals surface area (Å²) in [6.07, 6.45) is 6.72. The summed E-state index contributed by atoms with van der Waals surface area (Å²) in [6, 6.07) is 5.52. The highest BCUT2D eigenvalue weighted by Crippen LogP contribution is 2.28. The van der Waals surface area contributed by atoms with Crippen LogP contribution in [0, 0.1) is 12.3 Å². The number of rotatable bonds is 5. The molecular formula is C24H26N6O6S3. The van der Waals surface area contributed by atoms with Gasteiger partial charge >= 0.3 is 0 Å². The molecule has 4 heterocycles. The van der Waals surface area contributed by atoms with E-state index in [0.717, 1.165) is 22.5 Å². The van der Waals surface area contributed by atoms with Gasteiger partial charge in [0.25, 0.3) is 15.9 Å². The third-order valence-corrected chi connectivity index (χ3v) is 11.1. The standard InChI is InChI=1S/C24H26N6O6S3/c1-4-14-5-6-16-15(9-14)10-21(27-16)39(35,36)29-7-8-30(18(13-29)22(31)25-2)24(32)23-28-17-11-20(38(3,33)34)26-12-19(17)37-23/h1,5-6,9-10,18,20,26-27H,7-8,11-13H2,2-3H3,(H,25,31). The Labute approximate surface area is 229 Å². The van der Waals surface area contributed by atoms with Crippen LogP contribution >= 0.6 is 11.3 Å². The Balaban J connectivity index is 1.39. The van der Waals surface area contributed by atoms with E-state index in [2.05, 4.69) is 26.5 Å². The van der Waals surface area contributed by atoms with Crippen LogP contribution in [0.1, 0.15) is 25.9 Å². The van der Waals surface area contributed by atoms with Gasteiger partial charge in [-0.2, -0.15) is 4.31 Å². The molecule has 2 amide bonds. The van der Waals surface area contributed by atoms with Crippen molar-refractivity contribution < 1.29 is 26.4 Å². The molecule has 206 valence electrons. The number of nitrogens with one attached hydrogen (secondary N) is 3. The molecule has 0 spiro atoms. The van der Waals surface area contributed by atoms with Crippen LogP contribution in [0.5, 0.6) is 0 Å². The highest BCUT2D eigenvalue weighted by atomic mass is 32.2. The first-order chi connectivity index (χ1) is 18.4. The molecule has 3 aromatic rings. The van der Waals surface area contributed by atoms with Crippen molar-refractivity contribution in [2.45, 2.75) is 29.4 Å². The lowest BCUT2D eigenvalue weighted by Crippen LogP contribution is -2.61. The van der Waals surface area contributed by atoms with Gasteiger partial charge in [-0.05, 0) is 24.3 Å². The number of nitrogens with zero attached hydrogens (tertiary/aromatic N) is 3. The molecule has 2 atom stereocenters. The molecule has 1 aromatic carbocycles. The largest absolute Gasteiger partial charge is 0.357 e. The molecule has 3 N–H and O–H groups in total. The van der Waals surface area contributed by atoms with Crippen molar-refractivity contribution in [1.29, 1.82) is 0 Å². The van der Waals surface area contributed by atoms with Crippen LogP contribution in [0.4, 0.5) is 0 Å². The number of terminal acetylenes is 1. The maximum Gasteiger partial charge on any atom is 0.283 e. The summed E-state index contributed by atoms with van der Waals surface area (Å²) in [4.78, 5) is 35.7. The van der Waals surface area contributed by atoms with Crippen molar-refractivity contribution in [1.82, 2.24) is 29.8 Å². The molecule has 39 heavy (non-hydrogen) atoms. The number of likely N-dealkylation sites (N-methyl/N-ethyl adjacent to an activating group) is 1. The highest BCUT2D eigenvalue weighted by Gasteiger charge is 2.41. The summed E-state index contributed by atoms with van der Waals surface area (Å²) in [5, 5.41) is 5.40. The Bertz CT molecular complexity index is 1740. The van der Waals surface area contributed by atoms with Crippen molar-refractivity contribution in [3.63, 3.8) is 0 Å². The summed E-state index contributed by atoms with van der Waals surface area (Å²) >= 11 is 1.14. The molecule has 0 bridgehead atoms. The summed E-state index contributed by atoms with van der Waals surface area (Å²) < 4.78 is 52.1. The Morgan fingerprint density at radius 3 is 2.67 bits per heavy atom. The number of hydrogen-bond donors (Lipinski definition) is 3. The van der Waals surface area contributed by atoms with Crippen molar-refractivity contribution in [2.75, 3.05) is 32.9 Å². The van der Waals surface area contributed by atoms with E-state index in [9.17, 15) is 26.4 Å². The third-order valence-electron chi connectivity index (χ3n) is 6.88. The second-order valence-electron chi connectivity index (χ2n) is 9.36. The molecule has 15 heteroatoms. The van der Waals surface area contributed by atoms with Crippen LogP contribution in [0.2, 0.25) is 0 Å². The number of piperazine rings is 1. The van der Waals surface area contributed by atoms with Crippen LogP contribution in [-0.4, -0.2) is 92.2 Å². The van der Waals surface area contributed by atoms with Gasteiger partial charge in [-0.1, -0.05) is 5.92 Å². The number of thiazole rings is 1. The first-order valence-corrected chi connectivity index (χ1v) is 16.2. The van der Waals surface area contributed by atoms with Crippen LogP contribution in [0.25, 0.3) is 10.9 Å². The van der Waals surface area contributed by atoms with Crippen molar-refractivity contribution in [3.05, 3.63) is 45.4 Å². The quantitative estimate of drug-likeness (QED) is 0.347. The maximum absolute atomic E-state index is 13.5. The van der Waals surface area contributed by atoms with Crippen LogP contribution in [-0.2, 0) is 37.6 Å². The second-order valence-corrected chi connectivity index (χ2v) is 14.6. The fraction of sp³-hybridized carbons (Fsp3) is 0.375. The number of fused-ring (bicyclic) bond motifs is 2. The smallest absolute Gasteiger partial charge is 0.283 e. The Morgan fingerprint density at radius 1 is 1.21 bits per heavy atom. The van der Waals surface area contributed by atoms with E-state index in [-0.39, 0.29) is 42.6 Å². The van der Waals surface area contributed by atoms with E-state index < -0.39 is 43.1 Å². The average molecular weight is 591 g/mol. The lowest BCUT2D eigenvalue weighted by atomic mass is 10.1. The third kappa shape index (κ3) is 5.06. The van der Waals surface area contributed by atoms with Gasteiger partial charge in [0.1, 0.15) is 16.4 Å². The minimum absolute atomic E-state index is 0.0324. The van der Waals surface area contributed by atoms with Crippen LogP contribution < -0.4 is 10.6 Å². The topological polar surface area (TPSA) is 162 Å². The molecule has 12 nitrogen and oxygen atoms in total. The van der Waals surface area contributed by atoms with Gasteiger partial charge in [0.05, 0.1) is 5.69 Å². The van der Waals surface area contributed by atoms with E-state index in [1.54, 1.807) is 18.2 Å². The van der Waals surface area contributed by atoms with Gasteiger partial charge in [0, 0.05) is 67.2 Å². The number of H-pyrrole nitrogens is 1. The fourth-order valence-corrected chi connectivity index (χ4v) is 8.03. The lowest BCUT2D eigenvalue weighted by Gasteiger charge is -2.39. The SMILES string of the molecule is C#Cc1ccc2[nH]c(S(=O)(=O)N3CCN(C(=O)c4nc5c(s4)CNC(S(C)(=O)=O)C5)C(C(=O)NC)C3)cc2c1. The maximum atomic E-state index is 13.5. The fourth-order valence-electron chi connectivity index (χ4n) is 4.74. The predicted octanol–water partition coefficient (Wildman–Crippen LogP) is -0.117. The molecule has 2 aliphatic heterocycles. The zero-order valence-electron chi connectivity index (χ0n) is 21.1. The molecule has 1 saturated heterocycles. The van der Waals surface area contributed by atoms with Gasteiger partial charge in [0.15, 0.2) is 14.8 Å². The average Bonchev–Trinajstić information content (AvgIpc) is 3.55. The zero-order chi connectivity index (χ0) is 28.1. The molecule has 5 rings (SSSR count). The van der Waals surface area contributed by atoms with Gasteiger partial charge in [0.2, 0.25) is 5.91 Å². The molecule has 0 saturated carbocycles. The second kappa shape index (κ2) is 10.0. The number of benzene rings is 1. The van der Waals surface area contributed by atoms with Crippen molar-refractivity contribution in [2.24, 2.45) is 0 Å². The summed E-state index contributed by atoms with van der Waals surface area (Å²) in [5.41, 5.74) is 1.75. The molecular weight excluding hydrogens is 565 g/mol. The number of aromatic amines is 1. The summed E-state index contributed by atoms with van der Waals surface area (Å²) in [6.45, 7) is -0.0564. The normalized spacial score (nSPS) is 20.4. The lowest BCUT2D eigenvalue weighted by molar-refractivity contribution is -0.126. The van der Waals surface area contributed by atoms with Crippen molar-refractivity contribution >= 4 is 53.9 Å². The number of carbonyl (C=O) groups is 2. The number of aromatic nitrogens is 2. The van der Waals surface area contributed by atoms with Crippen LogP contribution in [0.3, 0.4) is 0 Å². The van der Waals surface area contributed by atoms with E-state index in [1.807, 2.05) is 0 Å². The molecule has 2 aliphatic rings. The summed E-state index contributed by atoms with van der Waals surface area (Å²) in [5.74, 6) is 1.49. The Hall–Kier alpha value is -3.29. The molecule has 2 unspecified atom stereocenters. The monoisotopic (exact) mass is 590 g/mol. The van der Waals surface area contributed by atoms with Gasteiger partial charge in [-0.3, -0.25) is 14.9 Å². The molecule has 1 fully saturated rings. The van der Waals surface area contributed by atoms with E-state index >= 15 is 0 Å². The zero-order valence-corrected chi connectivity index (χ0v) is 23.5. The van der Waals surface area contributed by atoms with Gasteiger partial charge < -0.3 is 15.2 Å². The Morgan fingerprint density at radius 2 is 1.97 bits per heavy atom. The van der Waals surface area contributed by atoms with E-state index in [4.69, 9.17) is 6.42 Å². The Kier molecular flexibility index (Phi) is 7.02. The summed E-state index contributed by atoms with van der Waals surface area (Å²) in [7, 11) is -5.96. The van der Waals surface area contributed by atoms with Gasteiger partial charge in [-0.25, -0.2) is 21.8 Å². The predicted molar refractivity (Wildman–Crippen MR) is 145 cm³/mol. The first kappa shape index (κ1) is 27.3. The van der Waals surface area contributed by atoms with Crippen molar-refractivity contribution in [3.8, 4) is 12.3 Å². The number of amides is 2. The molecule has 2 aromatic heterocycles. The van der Waals surface area contributed by atoms with Crippen LogP contribution in [0.15, 0.2) is 29.3 Å². The number of carbonyl (C=O) groups excluding carboxylic acids is 2. The minimum atomic E-state index is -4.02. The number of sulfone groups is 1. The minimum Gasteiger partial charge on any atom is -0.357 e. The first-order valence-electron chi connectivity index (χ1n) is 12.0. The van der Waals surface area contributed by atoms with Gasteiger partial charge in [-0.15, -0.1) is 17.8 Å². The molecule has 0 aliphatic carbocycles. The number of hydrogen-bond acceptors (Lipinski definition) is 9. The number of sulfonamides is 1. The van der Waals surface area contributed by atoms with E-state index in [1.165, 1.54) is 22.3 Å².